The highest BCUT2D eigenvalue weighted by atomic mass is 32.1. The zero-order chi connectivity index (χ0) is 18.0. The molecule has 0 saturated heterocycles. The Morgan fingerprint density at radius 1 is 1.24 bits per heavy atom. The average molecular weight is 368 g/mol. The second-order valence-electron chi connectivity index (χ2n) is 5.07. The Morgan fingerprint density at radius 2 is 2.04 bits per heavy atom. The maximum Gasteiger partial charge on any atom is 0.433 e. The third kappa shape index (κ3) is 3.68. The maximum absolute atomic E-state index is 12.4. The van der Waals surface area contributed by atoms with E-state index in [9.17, 15) is 22.8 Å². The first kappa shape index (κ1) is 17.1. The van der Waals surface area contributed by atoms with Crippen LogP contribution in [0.25, 0.3) is 10.2 Å². The van der Waals surface area contributed by atoms with Crippen LogP contribution in [0, 0.1) is 0 Å². The fourth-order valence-corrected chi connectivity index (χ4v) is 2.86. The van der Waals surface area contributed by atoms with Gasteiger partial charge in [0.25, 0.3) is 11.5 Å². The van der Waals surface area contributed by atoms with Crippen molar-refractivity contribution in [2.45, 2.75) is 12.7 Å². The fraction of sp³-hybridized carbons (Fsp3) is 0.200. The van der Waals surface area contributed by atoms with Gasteiger partial charge in [0.15, 0.2) is 0 Å². The number of rotatable bonds is 4. The van der Waals surface area contributed by atoms with Crippen LogP contribution in [0.5, 0.6) is 0 Å². The molecule has 3 rings (SSSR count). The molecule has 3 heterocycles. The van der Waals surface area contributed by atoms with Crippen molar-refractivity contribution in [1.29, 1.82) is 0 Å². The lowest BCUT2D eigenvalue weighted by Gasteiger charge is -2.08. The molecule has 1 N–H and O–H groups in total. The number of carbonyl (C=O) groups is 1. The molecule has 0 radical (unpaired) electrons. The Morgan fingerprint density at radius 3 is 2.72 bits per heavy atom. The summed E-state index contributed by atoms with van der Waals surface area (Å²) in [6, 6.07) is 3.47. The van der Waals surface area contributed by atoms with Gasteiger partial charge in [0.05, 0.1) is 17.3 Å². The van der Waals surface area contributed by atoms with E-state index >= 15 is 0 Å². The van der Waals surface area contributed by atoms with Crippen molar-refractivity contribution in [2.75, 3.05) is 6.54 Å². The van der Waals surface area contributed by atoms with Gasteiger partial charge in [-0.25, -0.2) is 4.98 Å². The summed E-state index contributed by atoms with van der Waals surface area (Å²) in [6.45, 7) is 0.314. The topological polar surface area (TPSA) is 76.9 Å². The summed E-state index contributed by atoms with van der Waals surface area (Å²) in [5.74, 6) is -0.571. The number of nitrogens with one attached hydrogen (secondary N) is 1. The molecule has 0 saturated carbocycles. The highest BCUT2D eigenvalue weighted by Crippen LogP contribution is 2.27. The van der Waals surface area contributed by atoms with Crippen molar-refractivity contribution in [2.24, 2.45) is 0 Å². The standard InChI is InChI=1S/C15H11F3N4O2S/c16-15(17,18)11-2-1-9(7-20-11)12(23)19-4-5-22-8-21-13-10(14(22)24)3-6-25-13/h1-3,6-8H,4-5H2,(H,19,23). The number of aromatic nitrogens is 3. The van der Waals surface area contributed by atoms with Crippen LogP contribution in [0.2, 0.25) is 0 Å². The number of hydrogen-bond acceptors (Lipinski definition) is 5. The van der Waals surface area contributed by atoms with Gasteiger partial charge in [0.2, 0.25) is 0 Å². The SMILES string of the molecule is O=C(NCCn1cnc2sccc2c1=O)c1ccc(C(F)(F)F)nc1. The van der Waals surface area contributed by atoms with E-state index in [-0.39, 0.29) is 24.2 Å². The molecule has 6 nitrogen and oxygen atoms in total. The maximum atomic E-state index is 12.4. The van der Waals surface area contributed by atoms with Crippen LogP contribution in [0.1, 0.15) is 16.1 Å². The van der Waals surface area contributed by atoms with Gasteiger partial charge in [0.1, 0.15) is 10.5 Å². The monoisotopic (exact) mass is 368 g/mol. The molecule has 10 heteroatoms. The number of fused-ring (bicyclic) bond motifs is 1. The summed E-state index contributed by atoms with van der Waals surface area (Å²) >= 11 is 1.36. The molecule has 1 amide bonds. The van der Waals surface area contributed by atoms with Gasteiger partial charge in [-0.3, -0.25) is 19.1 Å². The predicted octanol–water partition coefficient (Wildman–Crippen LogP) is 2.30. The predicted molar refractivity (Wildman–Crippen MR) is 85.5 cm³/mol. The van der Waals surface area contributed by atoms with Gasteiger partial charge in [-0.2, -0.15) is 13.2 Å². The lowest BCUT2D eigenvalue weighted by Crippen LogP contribution is -2.31. The molecule has 0 atom stereocenters. The Kier molecular flexibility index (Phi) is 4.53. The minimum absolute atomic E-state index is 0.00626. The van der Waals surface area contributed by atoms with Crippen molar-refractivity contribution in [3.63, 3.8) is 0 Å². The van der Waals surface area contributed by atoms with Crippen molar-refractivity contribution in [3.8, 4) is 0 Å². The van der Waals surface area contributed by atoms with Crippen molar-refractivity contribution in [1.82, 2.24) is 19.9 Å². The molecule has 0 aliphatic carbocycles. The molecule has 0 unspecified atom stereocenters. The van der Waals surface area contributed by atoms with E-state index in [4.69, 9.17) is 0 Å². The number of thiophene rings is 1. The molecule has 3 aromatic heterocycles. The van der Waals surface area contributed by atoms with E-state index in [1.54, 1.807) is 11.4 Å². The fourth-order valence-electron chi connectivity index (χ4n) is 2.14. The third-order valence-electron chi connectivity index (χ3n) is 3.40. The van der Waals surface area contributed by atoms with Crippen LogP contribution in [0.15, 0.2) is 40.9 Å². The molecule has 0 aliphatic rings. The van der Waals surface area contributed by atoms with Gasteiger partial charge in [-0.15, -0.1) is 11.3 Å². The first-order valence-corrected chi connectivity index (χ1v) is 7.98. The van der Waals surface area contributed by atoms with Crippen LogP contribution < -0.4 is 10.9 Å². The minimum Gasteiger partial charge on any atom is -0.350 e. The van der Waals surface area contributed by atoms with Crippen LogP contribution in [-0.4, -0.2) is 27.0 Å². The molecule has 25 heavy (non-hydrogen) atoms. The summed E-state index contributed by atoms with van der Waals surface area (Å²) in [7, 11) is 0. The van der Waals surface area contributed by atoms with Crippen molar-refractivity contribution >= 4 is 27.5 Å². The zero-order valence-electron chi connectivity index (χ0n) is 12.6. The highest BCUT2D eigenvalue weighted by molar-refractivity contribution is 7.16. The van der Waals surface area contributed by atoms with E-state index in [0.717, 1.165) is 18.3 Å². The number of pyridine rings is 1. The van der Waals surface area contributed by atoms with Gasteiger partial charge >= 0.3 is 6.18 Å². The van der Waals surface area contributed by atoms with Gasteiger partial charge in [-0.05, 0) is 23.6 Å². The number of alkyl halides is 3. The molecule has 130 valence electrons. The number of halogens is 3. The van der Waals surface area contributed by atoms with Crippen LogP contribution in [-0.2, 0) is 12.7 Å². The Bertz CT molecular complexity index is 963. The van der Waals surface area contributed by atoms with Gasteiger partial charge in [0, 0.05) is 19.3 Å². The molecule has 3 aromatic rings. The Hall–Kier alpha value is -2.75. The highest BCUT2D eigenvalue weighted by Gasteiger charge is 2.32. The van der Waals surface area contributed by atoms with E-state index in [1.165, 1.54) is 22.2 Å². The van der Waals surface area contributed by atoms with E-state index in [0.29, 0.717) is 10.2 Å². The first-order valence-electron chi connectivity index (χ1n) is 7.10. The van der Waals surface area contributed by atoms with Crippen LogP contribution >= 0.6 is 11.3 Å². The second-order valence-corrected chi connectivity index (χ2v) is 5.96. The lowest BCUT2D eigenvalue weighted by molar-refractivity contribution is -0.141. The normalized spacial score (nSPS) is 11.6. The summed E-state index contributed by atoms with van der Waals surface area (Å²) in [4.78, 5) is 32.1. The second kappa shape index (κ2) is 6.63. The summed E-state index contributed by atoms with van der Waals surface area (Å²) < 4.78 is 38.7. The number of nitrogens with zero attached hydrogens (tertiary/aromatic N) is 3. The Labute approximate surface area is 143 Å². The quantitative estimate of drug-likeness (QED) is 0.767. The molecule has 0 aliphatic heterocycles. The Balaban J connectivity index is 1.62. The molecule has 0 bridgehead atoms. The smallest absolute Gasteiger partial charge is 0.350 e. The summed E-state index contributed by atoms with van der Waals surface area (Å²) in [6.07, 6.45) is -2.29. The minimum atomic E-state index is -4.55. The third-order valence-corrected chi connectivity index (χ3v) is 4.23. The average Bonchev–Trinajstić information content (AvgIpc) is 3.05. The van der Waals surface area contributed by atoms with Gasteiger partial charge in [-0.1, -0.05) is 0 Å². The molecule has 0 spiro atoms. The molecule has 0 fully saturated rings. The van der Waals surface area contributed by atoms with Crippen molar-refractivity contribution in [3.05, 3.63) is 57.7 Å². The summed E-state index contributed by atoms with van der Waals surface area (Å²) in [5, 5.41) is 4.80. The number of hydrogen-bond donors (Lipinski definition) is 1. The molecule has 0 aromatic carbocycles. The number of amides is 1. The van der Waals surface area contributed by atoms with E-state index < -0.39 is 17.8 Å². The first-order chi connectivity index (χ1) is 11.9. The largest absolute Gasteiger partial charge is 0.433 e. The molecular formula is C15H11F3N4O2S. The molecular weight excluding hydrogens is 357 g/mol. The summed E-state index contributed by atoms with van der Waals surface area (Å²) in [5.41, 5.74) is -1.27. The van der Waals surface area contributed by atoms with E-state index in [2.05, 4.69) is 15.3 Å². The lowest BCUT2D eigenvalue weighted by atomic mass is 10.2. The zero-order valence-corrected chi connectivity index (χ0v) is 13.4. The van der Waals surface area contributed by atoms with Crippen molar-refractivity contribution < 1.29 is 18.0 Å². The van der Waals surface area contributed by atoms with Crippen LogP contribution in [0.3, 0.4) is 0 Å². The van der Waals surface area contributed by atoms with Gasteiger partial charge < -0.3 is 5.32 Å². The van der Waals surface area contributed by atoms with Crippen LogP contribution in [0.4, 0.5) is 13.2 Å². The van der Waals surface area contributed by atoms with E-state index in [1.807, 2.05) is 0 Å². The number of carbonyl (C=O) groups excluding carboxylic acids is 1.